The van der Waals surface area contributed by atoms with Crippen molar-refractivity contribution >= 4 is 17.6 Å². The van der Waals surface area contributed by atoms with Crippen molar-refractivity contribution in [3.05, 3.63) is 81.5 Å². The summed E-state index contributed by atoms with van der Waals surface area (Å²) in [5.41, 5.74) is 5.04. The lowest BCUT2D eigenvalue weighted by molar-refractivity contribution is -0.247. The third-order valence-corrected chi connectivity index (χ3v) is 5.90. The first kappa shape index (κ1) is 30.7. The van der Waals surface area contributed by atoms with Crippen LogP contribution in [0.4, 0.5) is 30.7 Å². The molecule has 0 saturated heterocycles. The largest absolute Gasteiger partial charge is 0.490 e. The topological polar surface area (TPSA) is 123 Å². The Morgan fingerprint density at radius 2 is 1.74 bits per heavy atom. The van der Waals surface area contributed by atoms with Crippen molar-refractivity contribution in [1.29, 1.82) is 0 Å². The molecule has 224 valence electrons. The standard InChI is InChI=1S/C24H19ClF7N7O3/c1-12(33)19-34-18(35-39(19)16-4-2-3-15(26)9-16)11-38-22(41)37(20(36-38)13-5-7-14(25)8-6-13)10-17(23(27,28)29)42-21(40)24(30,31)32/h2-9,12,17H,10-11,33H2,1H3/t12?,17-/m0/s1. The Hall–Kier alpha value is -4.25. The van der Waals surface area contributed by atoms with Gasteiger partial charge in [-0.25, -0.2) is 28.3 Å². The van der Waals surface area contributed by atoms with Crippen LogP contribution < -0.4 is 11.4 Å². The van der Waals surface area contributed by atoms with Crippen molar-refractivity contribution in [3.63, 3.8) is 0 Å². The predicted molar refractivity (Wildman–Crippen MR) is 132 cm³/mol. The van der Waals surface area contributed by atoms with Gasteiger partial charge in [-0.05, 0) is 49.4 Å². The molecule has 2 aromatic carbocycles. The summed E-state index contributed by atoms with van der Waals surface area (Å²) in [4.78, 5) is 28.8. The highest BCUT2D eigenvalue weighted by Crippen LogP contribution is 2.29. The van der Waals surface area contributed by atoms with Crippen molar-refractivity contribution in [3.8, 4) is 17.1 Å². The zero-order valence-corrected chi connectivity index (χ0v) is 22.0. The third kappa shape index (κ3) is 6.79. The number of aromatic nitrogens is 6. The number of carbonyl (C=O) groups excluding carboxylic acids is 1. The highest BCUT2D eigenvalue weighted by Gasteiger charge is 2.49. The van der Waals surface area contributed by atoms with E-state index >= 15 is 0 Å². The van der Waals surface area contributed by atoms with Crippen molar-refractivity contribution in [2.24, 2.45) is 5.73 Å². The molecule has 0 fully saturated rings. The van der Waals surface area contributed by atoms with Gasteiger partial charge in [-0.3, -0.25) is 4.57 Å². The number of hydrogen-bond donors (Lipinski definition) is 1. The van der Waals surface area contributed by atoms with Gasteiger partial charge in [0.25, 0.3) is 0 Å². The highest BCUT2D eigenvalue weighted by molar-refractivity contribution is 6.30. The van der Waals surface area contributed by atoms with Crippen LogP contribution in [-0.2, 0) is 22.6 Å². The predicted octanol–water partition coefficient (Wildman–Crippen LogP) is 4.19. The van der Waals surface area contributed by atoms with Crippen LogP contribution in [0.2, 0.25) is 5.02 Å². The quantitative estimate of drug-likeness (QED) is 0.231. The van der Waals surface area contributed by atoms with Gasteiger partial charge in [-0.15, -0.1) is 10.2 Å². The molecule has 4 rings (SSSR count). The molecule has 0 aliphatic rings. The normalized spacial score (nSPS) is 13.7. The first-order chi connectivity index (χ1) is 19.5. The van der Waals surface area contributed by atoms with Crippen LogP contribution in [0.3, 0.4) is 0 Å². The smallest absolute Gasteiger partial charge is 0.444 e. The SMILES string of the molecule is CC(N)c1nc(Cn2nc(-c3ccc(Cl)cc3)n(C[C@H](OC(=O)C(F)(F)F)C(F)(F)F)c2=O)nn1-c1cccc(F)c1. The molecule has 0 aliphatic carbocycles. The number of hydrogen-bond acceptors (Lipinski definition) is 7. The minimum absolute atomic E-state index is 0.0628. The van der Waals surface area contributed by atoms with Crippen LogP contribution >= 0.6 is 11.6 Å². The second-order valence-electron chi connectivity index (χ2n) is 8.88. The zero-order chi connectivity index (χ0) is 31.0. The first-order valence-electron chi connectivity index (χ1n) is 11.8. The van der Waals surface area contributed by atoms with E-state index in [1.54, 1.807) is 6.92 Å². The van der Waals surface area contributed by atoms with Gasteiger partial charge in [-0.1, -0.05) is 17.7 Å². The number of benzene rings is 2. The monoisotopic (exact) mass is 621 g/mol. The summed E-state index contributed by atoms with van der Waals surface area (Å²) >= 11 is 5.87. The molecule has 0 radical (unpaired) electrons. The van der Waals surface area contributed by atoms with Crippen LogP contribution in [0.1, 0.15) is 24.6 Å². The summed E-state index contributed by atoms with van der Waals surface area (Å²) in [5.74, 6) is -4.04. The van der Waals surface area contributed by atoms with Gasteiger partial charge in [0.1, 0.15) is 18.2 Å². The molecule has 2 aromatic heterocycles. The van der Waals surface area contributed by atoms with Gasteiger partial charge in [0.15, 0.2) is 11.6 Å². The van der Waals surface area contributed by atoms with E-state index in [4.69, 9.17) is 17.3 Å². The molecule has 0 bridgehead atoms. The van der Waals surface area contributed by atoms with Crippen LogP contribution in [0, 0.1) is 5.82 Å². The second-order valence-corrected chi connectivity index (χ2v) is 9.32. The Balaban J connectivity index is 1.78. The summed E-state index contributed by atoms with van der Waals surface area (Å²) in [6.07, 6.45) is -14.6. The zero-order valence-electron chi connectivity index (χ0n) is 21.2. The van der Waals surface area contributed by atoms with Crippen molar-refractivity contribution < 1.29 is 40.3 Å². The number of rotatable bonds is 8. The third-order valence-electron chi connectivity index (χ3n) is 5.65. The van der Waals surface area contributed by atoms with Crippen LogP contribution in [-0.4, -0.2) is 53.5 Å². The Kier molecular flexibility index (Phi) is 8.45. The molecule has 2 atom stereocenters. The Bertz CT molecular complexity index is 1640. The summed E-state index contributed by atoms with van der Waals surface area (Å²) in [7, 11) is 0. The lowest BCUT2D eigenvalue weighted by Crippen LogP contribution is -2.43. The maximum absolute atomic E-state index is 13.8. The van der Waals surface area contributed by atoms with Crippen molar-refractivity contribution in [2.75, 3.05) is 0 Å². The van der Waals surface area contributed by atoms with E-state index in [0.717, 1.165) is 6.07 Å². The number of esters is 1. The molecule has 1 unspecified atom stereocenters. The summed E-state index contributed by atoms with van der Waals surface area (Å²) in [6, 6.07) is 9.81. The van der Waals surface area contributed by atoms with Gasteiger partial charge in [0.05, 0.1) is 18.3 Å². The molecule has 4 aromatic rings. The van der Waals surface area contributed by atoms with E-state index in [1.807, 2.05) is 0 Å². The molecular weight excluding hydrogens is 603 g/mol. The van der Waals surface area contributed by atoms with Gasteiger partial charge in [-0.2, -0.15) is 26.3 Å². The number of alkyl halides is 6. The summed E-state index contributed by atoms with van der Waals surface area (Å²) in [5, 5.41) is 8.51. The maximum Gasteiger partial charge on any atom is 0.490 e. The fraction of sp³-hybridized carbons (Fsp3) is 0.292. The number of nitrogens with zero attached hydrogens (tertiary/aromatic N) is 6. The molecule has 42 heavy (non-hydrogen) atoms. The lowest BCUT2D eigenvalue weighted by Gasteiger charge is -2.21. The van der Waals surface area contributed by atoms with E-state index in [0.29, 0.717) is 9.25 Å². The number of nitrogens with two attached hydrogens (primary N) is 1. The van der Waals surface area contributed by atoms with Gasteiger partial charge in [0, 0.05) is 10.6 Å². The molecule has 18 heteroatoms. The molecule has 2 heterocycles. The fourth-order valence-corrected chi connectivity index (χ4v) is 3.88. The van der Waals surface area contributed by atoms with Crippen molar-refractivity contribution in [1.82, 2.24) is 29.1 Å². The van der Waals surface area contributed by atoms with E-state index in [1.165, 1.54) is 47.1 Å². The number of halogens is 8. The first-order valence-corrected chi connectivity index (χ1v) is 12.2. The molecule has 10 nitrogen and oxygen atoms in total. The van der Waals surface area contributed by atoms with Gasteiger partial charge < -0.3 is 10.5 Å². The summed E-state index contributed by atoms with van der Waals surface area (Å²) in [6.45, 7) is -0.533. The fourth-order valence-electron chi connectivity index (χ4n) is 3.75. The highest BCUT2D eigenvalue weighted by atomic mass is 35.5. The molecule has 0 spiro atoms. The van der Waals surface area contributed by atoms with E-state index in [2.05, 4.69) is 19.9 Å². The number of ether oxygens (including phenoxy) is 1. The van der Waals surface area contributed by atoms with E-state index in [-0.39, 0.29) is 27.9 Å². The lowest BCUT2D eigenvalue weighted by atomic mass is 10.2. The molecule has 0 saturated carbocycles. The van der Waals surface area contributed by atoms with Crippen LogP contribution in [0.5, 0.6) is 0 Å². The minimum atomic E-state index is -5.72. The van der Waals surface area contributed by atoms with Gasteiger partial charge >= 0.3 is 24.0 Å². The molecule has 0 amide bonds. The van der Waals surface area contributed by atoms with Gasteiger partial charge in [0.2, 0.25) is 6.10 Å². The maximum atomic E-state index is 13.8. The molecular formula is C24H19ClF7N7O3. The Morgan fingerprint density at radius 1 is 1.07 bits per heavy atom. The van der Waals surface area contributed by atoms with Crippen LogP contribution in [0.15, 0.2) is 53.3 Å². The average molecular weight is 622 g/mol. The van der Waals surface area contributed by atoms with Crippen LogP contribution in [0.25, 0.3) is 17.1 Å². The van der Waals surface area contributed by atoms with Crippen molar-refractivity contribution in [2.45, 2.75) is 44.5 Å². The molecule has 2 N–H and O–H groups in total. The second kappa shape index (κ2) is 11.6. The Labute approximate surface area is 236 Å². The summed E-state index contributed by atoms with van der Waals surface area (Å²) < 4.78 is 98.9. The number of carbonyl (C=O) groups is 1. The molecule has 0 aliphatic heterocycles. The average Bonchev–Trinajstić information content (AvgIpc) is 3.45. The minimum Gasteiger partial charge on any atom is -0.444 e. The van der Waals surface area contributed by atoms with E-state index in [9.17, 15) is 40.3 Å². The van der Waals surface area contributed by atoms with E-state index < -0.39 is 60.9 Å². The Morgan fingerprint density at radius 3 is 2.31 bits per heavy atom.